The van der Waals surface area contributed by atoms with Crippen molar-refractivity contribution in [1.29, 1.82) is 5.26 Å². The number of nitriles is 1. The van der Waals surface area contributed by atoms with E-state index in [1.54, 1.807) is 12.3 Å². The Bertz CT molecular complexity index is 592. The topological polar surface area (TPSA) is 75.8 Å². The number of nitrogen functional groups attached to an aromatic ring is 1. The summed E-state index contributed by atoms with van der Waals surface area (Å²) in [6, 6.07) is 7.63. The molecule has 2 N–H and O–H groups in total. The summed E-state index contributed by atoms with van der Waals surface area (Å²) in [5.74, 6) is 1.46. The third-order valence-electron chi connectivity index (χ3n) is 2.96. The zero-order chi connectivity index (χ0) is 11.8. The van der Waals surface area contributed by atoms with Gasteiger partial charge in [0.15, 0.2) is 0 Å². The SMILES string of the molecule is N#Cc1c(-c2ccco2)cc(C2CC2)nc1N. The number of nitrogens with zero attached hydrogens (tertiary/aromatic N) is 2. The molecule has 84 valence electrons. The molecule has 0 aromatic carbocycles. The molecule has 0 bridgehead atoms. The predicted molar refractivity (Wildman–Crippen MR) is 63.0 cm³/mol. The van der Waals surface area contributed by atoms with Gasteiger partial charge in [0.05, 0.1) is 6.26 Å². The van der Waals surface area contributed by atoms with Crippen LogP contribution in [0.15, 0.2) is 28.9 Å². The molecule has 1 aliphatic rings. The van der Waals surface area contributed by atoms with Crippen LogP contribution >= 0.6 is 0 Å². The molecule has 0 aliphatic heterocycles. The number of nitrogens with two attached hydrogens (primary N) is 1. The van der Waals surface area contributed by atoms with Gasteiger partial charge in [0.25, 0.3) is 0 Å². The first-order valence-corrected chi connectivity index (χ1v) is 5.54. The van der Waals surface area contributed by atoms with Crippen molar-refractivity contribution in [2.45, 2.75) is 18.8 Å². The summed E-state index contributed by atoms with van der Waals surface area (Å²) < 4.78 is 5.34. The minimum atomic E-state index is 0.295. The van der Waals surface area contributed by atoms with Crippen LogP contribution in [0.25, 0.3) is 11.3 Å². The highest BCUT2D eigenvalue weighted by Crippen LogP contribution is 2.41. The molecule has 1 aliphatic carbocycles. The van der Waals surface area contributed by atoms with Gasteiger partial charge >= 0.3 is 0 Å². The third-order valence-corrected chi connectivity index (χ3v) is 2.96. The first-order chi connectivity index (χ1) is 8.29. The molecule has 4 heteroatoms. The highest BCUT2D eigenvalue weighted by Gasteiger charge is 2.27. The molecular formula is C13H11N3O. The standard InChI is InChI=1S/C13H11N3O/c14-7-10-9(12-2-1-5-17-12)6-11(8-3-4-8)16-13(10)15/h1-2,5-6,8H,3-4H2,(H2,15,16). The predicted octanol–water partition coefficient (Wildman–Crippen LogP) is 2.67. The lowest BCUT2D eigenvalue weighted by atomic mass is 10.0. The minimum Gasteiger partial charge on any atom is -0.464 e. The van der Waals surface area contributed by atoms with Crippen molar-refractivity contribution in [3.63, 3.8) is 0 Å². The van der Waals surface area contributed by atoms with Gasteiger partial charge in [0.1, 0.15) is 23.2 Å². The Morgan fingerprint density at radius 3 is 2.88 bits per heavy atom. The summed E-state index contributed by atoms with van der Waals surface area (Å²) in [6.07, 6.45) is 3.88. The third kappa shape index (κ3) is 1.66. The Kier molecular flexibility index (Phi) is 2.12. The van der Waals surface area contributed by atoms with Crippen LogP contribution in [0.3, 0.4) is 0 Å². The number of rotatable bonds is 2. The lowest BCUT2D eigenvalue weighted by Crippen LogP contribution is -2.00. The number of hydrogen-bond acceptors (Lipinski definition) is 4. The molecule has 0 amide bonds. The van der Waals surface area contributed by atoms with Gasteiger partial charge < -0.3 is 10.2 Å². The fourth-order valence-corrected chi connectivity index (χ4v) is 1.92. The van der Waals surface area contributed by atoms with Crippen LogP contribution in [-0.2, 0) is 0 Å². The van der Waals surface area contributed by atoms with Gasteiger partial charge in [0, 0.05) is 17.2 Å². The van der Waals surface area contributed by atoms with Crippen LogP contribution in [0.5, 0.6) is 0 Å². The molecule has 0 radical (unpaired) electrons. The second-order valence-electron chi connectivity index (χ2n) is 4.22. The highest BCUT2D eigenvalue weighted by atomic mass is 16.3. The van der Waals surface area contributed by atoms with E-state index in [1.165, 1.54) is 0 Å². The first-order valence-electron chi connectivity index (χ1n) is 5.54. The number of hydrogen-bond donors (Lipinski definition) is 1. The van der Waals surface area contributed by atoms with Crippen LogP contribution in [-0.4, -0.2) is 4.98 Å². The number of aromatic nitrogens is 1. The Hall–Kier alpha value is -2.28. The molecule has 3 rings (SSSR count). The molecule has 17 heavy (non-hydrogen) atoms. The van der Waals surface area contributed by atoms with Gasteiger partial charge in [-0.25, -0.2) is 4.98 Å². The Labute approximate surface area is 98.7 Å². The van der Waals surface area contributed by atoms with Crippen molar-refractivity contribution < 1.29 is 4.42 Å². The van der Waals surface area contributed by atoms with E-state index in [4.69, 9.17) is 15.4 Å². The Balaban J connectivity index is 2.20. The maximum absolute atomic E-state index is 9.13. The number of furan rings is 1. The van der Waals surface area contributed by atoms with Crippen molar-refractivity contribution in [3.8, 4) is 17.4 Å². The van der Waals surface area contributed by atoms with Crippen LogP contribution in [0.2, 0.25) is 0 Å². The molecular weight excluding hydrogens is 214 g/mol. The summed E-state index contributed by atoms with van der Waals surface area (Å²) >= 11 is 0. The average molecular weight is 225 g/mol. The molecule has 4 nitrogen and oxygen atoms in total. The van der Waals surface area contributed by atoms with Gasteiger partial charge in [-0.05, 0) is 31.0 Å². The van der Waals surface area contributed by atoms with Crippen LogP contribution in [0.1, 0.15) is 30.0 Å². The van der Waals surface area contributed by atoms with Crippen LogP contribution < -0.4 is 5.73 Å². The van der Waals surface area contributed by atoms with E-state index in [0.717, 1.165) is 24.1 Å². The minimum absolute atomic E-state index is 0.295. The Morgan fingerprint density at radius 2 is 2.29 bits per heavy atom. The van der Waals surface area contributed by atoms with Crippen LogP contribution in [0.4, 0.5) is 5.82 Å². The second kappa shape index (κ2) is 3.63. The van der Waals surface area contributed by atoms with Crippen LogP contribution in [0, 0.1) is 11.3 Å². The average Bonchev–Trinajstić information content (AvgIpc) is 3.04. The normalized spacial score (nSPS) is 14.5. The first kappa shape index (κ1) is 9.91. The van der Waals surface area contributed by atoms with E-state index in [1.807, 2.05) is 12.1 Å². The molecule has 1 saturated carbocycles. The molecule has 0 atom stereocenters. The molecule has 0 spiro atoms. The number of anilines is 1. The summed E-state index contributed by atoms with van der Waals surface area (Å²) in [5.41, 5.74) is 7.93. The second-order valence-corrected chi connectivity index (χ2v) is 4.22. The smallest absolute Gasteiger partial charge is 0.142 e. The van der Waals surface area contributed by atoms with Gasteiger partial charge in [-0.3, -0.25) is 0 Å². The highest BCUT2D eigenvalue weighted by molar-refractivity contribution is 5.72. The van der Waals surface area contributed by atoms with E-state index < -0.39 is 0 Å². The van der Waals surface area contributed by atoms with Gasteiger partial charge in [-0.15, -0.1) is 0 Å². The molecule has 2 aromatic heterocycles. The van der Waals surface area contributed by atoms with E-state index in [2.05, 4.69) is 11.1 Å². The Morgan fingerprint density at radius 1 is 1.47 bits per heavy atom. The van der Waals surface area contributed by atoms with Crippen molar-refractivity contribution >= 4 is 5.82 Å². The van der Waals surface area contributed by atoms with Gasteiger partial charge in [0.2, 0.25) is 0 Å². The summed E-state index contributed by atoms with van der Waals surface area (Å²) in [7, 11) is 0. The monoisotopic (exact) mass is 225 g/mol. The van der Waals surface area contributed by atoms with E-state index in [-0.39, 0.29) is 0 Å². The quantitative estimate of drug-likeness (QED) is 0.852. The van der Waals surface area contributed by atoms with Gasteiger partial charge in [-0.1, -0.05) is 0 Å². The van der Waals surface area contributed by atoms with Crippen molar-refractivity contribution in [2.24, 2.45) is 0 Å². The lowest BCUT2D eigenvalue weighted by Gasteiger charge is -2.06. The van der Waals surface area contributed by atoms with E-state index in [0.29, 0.717) is 23.1 Å². The zero-order valence-electron chi connectivity index (χ0n) is 9.18. The lowest BCUT2D eigenvalue weighted by molar-refractivity contribution is 0.582. The van der Waals surface area contributed by atoms with Crippen molar-refractivity contribution in [2.75, 3.05) is 5.73 Å². The maximum Gasteiger partial charge on any atom is 0.142 e. The molecule has 2 heterocycles. The molecule has 0 unspecified atom stereocenters. The fourth-order valence-electron chi connectivity index (χ4n) is 1.92. The number of pyridine rings is 1. The van der Waals surface area contributed by atoms with Gasteiger partial charge in [-0.2, -0.15) is 5.26 Å². The molecule has 0 saturated heterocycles. The fraction of sp³-hybridized carbons (Fsp3) is 0.231. The summed E-state index contributed by atoms with van der Waals surface area (Å²) in [4.78, 5) is 4.29. The zero-order valence-corrected chi connectivity index (χ0v) is 9.18. The largest absolute Gasteiger partial charge is 0.464 e. The molecule has 2 aromatic rings. The van der Waals surface area contributed by atoms with E-state index in [9.17, 15) is 0 Å². The molecule has 1 fully saturated rings. The van der Waals surface area contributed by atoms with Crippen molar-refractivity contribution in [3.05, 3.63) is 35.7 Å². The summed E-state index contributed by atoms with van der Waals surface area (Å²) in [5, 5.41) is 9.13. The summed E-state index contributed by atoms with van der Waals surface area (Å²) in [6.45, 7) is 0. The van der Waals surface area contributed by atoms with E-state index >= 15 is 0 Å². The maximum atomic E-state index is 9.13. The van der Waals surface area contributed by atoms with Crippen molar-refractivity contribution in [1.82, 2.24) is 4.98 Å².